The highest BCUT2D eigenvalue weighted by atomic mass is 16.2. The van der Waals surface area contributed by atoms with Gasteiger partial charge in [-0.25, -0.2) is 4.98 Å². The second kappa shape index (κ2) is 7.74. The maximum Gasteiger partial charge on any atom is 0.236 e. The summed E-state index contributed by atoms with van der Waals surface area (Å²) in [5.41, 5.74) is 0. The topological polar surface area (TPSA) is 44.6 Å². The Morgan fingerprint density at radius 3 is 2.59 bits per heavy atom. The minimum Gasteiger partial charge on any atom is -0.338 e. The van der Waals surface area contributed by atoms with E-state index in [1.165, 1.54) is 0 Å². The molecule has 0 aliphatic carbocycles. The summed E-state index contributed by atoms with van der Waals surface area (Å²) in [6.07, 6.45) is 3.81. The highest BCUT2D eigenvalue weighted by Crippen LogP contribution is 2.23. The van der Waals surface area contributed by atoms with Crippen molar-refractivity contribution < 1.29 is 4.79 Å². The Balaban J connectivity index is 2.07. The molecule has 124 valence electrons. The van der Waals surface area contributed by atoms with E-state index in [-0.39, 0.29) is 11.9 Å². The Morgan fingerprint density at radius 1 is 1.32 bits per heavy atom. The zero-order chi connectivity index (χ0) is 16.1. The number of imidazole rings is 1. The fourth-order valence-electron chi connectivity index (χ4n) is 3.11. The molecule has 1 aliphatic heterocycles. The summed E-state index contributed by atoms with van der Waals surface area (Å²) < 4.78 is 2.06. The van der Waals surface area contributed by atoms with Crippen LogP contribution in [0.2, 0.25) is 0 Å². The van der Waals surface area contributed by atoms with Gasteiger partial charge in [0.05, 0.1) is 12.6 Å². The lowest BCUT2D eigenvalue weighted by Gasteiger charge is -2.41. The molecule has 6 nitrogen and oxygen atoms in total. The monoisotopic (exact) mass is 307 g/mol. The summed E-state index contributed by atoms with van der Waals surface area (Å²) in [6, 6.07) is 0.194. The van der Waals surface area contributed by atoms with E-state index in [1.54, 1.807) is 0 Å². The number of carbonyl (C=O) groups is 1. The maximum atomic E-state index is 12.6. The molecular formula is C16H29N5O. The van der Waals surface area contributed by atoms with Gasteiger partial charge in [0.1, 0.15) is 5.82 Å². The van der Waals surface area contributed by atoms with Gasteiger partial charge in [0, 0.05) is 39.1 Å². The van der Waals surface area contributed by atoms with Crippen LogP contribution in [-0.2, 0) is 11.8 Å². The Hall–Kier alpha value is -1.40. The second-order valence-electron chi connectivity index (χ2n) is 5.84. The van der Waals surface area contributed by atoms with Crippen LogP contribution >= 0.6 is 0 Å². The normalized spacial score (nSPS) is 19.9. The molecule has 1 amide bonds. The molecule has 0 spiro atoms. The van der Waals surface area contributed by atoms with Crippen molar-refractivity contribution in [1.82, 2.24) is 24.3 Å². The van der Waals surface area contributed by atoms with Crippen LogP contribution in [0, 0.1) is 0 Å². The summed E-state index contributed by atoms with van der Waals surface area (Å²) >= 11 is 0. The summed E-state index contributed by atoms with van der Waals surface area (Å²) in [6.45, 7) is 12.2. The summed E-state index contributed by atoms with van der Waals surface area (Å²) in [5, 5.41) is 0. The molecule has 1 aromatic rings. The number of amides is 1. The largest absolute Gasteiger partial charge is 0.338 e. The first-order valence-corrected chi connectivity index (χ1v) is 8.32. The average Bonchev–Trinajstić information content (AvgIpc) is 2.97. The summed E-state index contributed by atoms with van der Waals surface area (Å²) in [7, 11) is 2.02. The number of rotatable bonds is 6. The number of hydrogen-bond donors (Lipinski definition) is 0. The van der Waals surface area contributed by atoms with Gasteiger partial charge in [-0.15, -0.1) is 0 Å². The Labute approximate surface area is 133 Å². The highest BCUT2D eigenvalue weighted by molar-refractivity contribution is 5.78. The van der Waals surface area contributed by atoms with Crippen molar-refractivity contribution in [3.8, 4) is 0 Å². The zero-order valence-electron chi connectivity index (χ0n) is 14.3. The van der Waals surface area contributed by atoms with Crippen molar-refractivity contribution in [3.05, 3.63) is 18.2 Å². The quantitative estimate of drug-likeness (QED) is 0.785. The Morgan fingerprint density at radius 2 is 2.05 bits per heavy atom. The predicted molar refractivity (Wildman–Crippen MR) is 87.6 cm³/mol. The molecule has 0 unspecified atom stereocenters. The summed E-state index contributed by atoms with van der Waals surface area (Å²) in [5.74, 6) is 1.28. The number of nitrogens with zero attached hydrogens (tertiary/aromatic N) is 5. The lowest BCUT2D eigenvalue weighted by atomic mass is 10.1. The predicted octanol–water partition coefficient (Wildman–Crippen LogP) is 0.967. The van der Waals surface area contributed by atoms with Crippen LogP contribution in [0.25, 0.3) is 0 Å². The number of aromatic nitrogens is 2. The fraction of sp³-hybridized carbons (Fsp3) is 0.750. The molecule has 0 bridgehead atoms. The van der Waals surface area contributed by atoms with Crippen molar-refractivity contribution in [1.29, 1.82) is 0 Å². The van der Waals surface area contributed by atoms with Crippen LogP contribution in [0.4, 0.5) is 0 Å². The zero-order valence-corrected chi connectivity index (χ0v) is 14.3. The third kappa shape index (κ3) is 3.67. The third-order valence-electron chi connectivity index (χ3n) is 4.66. The van der Waals surface area contributed by atoms with Gasteiger partial charge in [-0.1, -0.05) is 20.8 Å². The molecule has 0 N–H and O–H groups in total. The van der Waals surface area contributed by atoms with Crippen molar-refractivity contribution in [2.75, 3.05) is 45.8 Å². The first-order valence-electron chi connectivity index (χ1n) is 8.32. The van der Waals surface area contributed by atoms with Gasteiger partial charge in [-0.05, 0) is 19.6 Å². The van der Waals surface area contributed by atoms with Gasteiger partial charge >= 0.3 is 0 Å². The van der Waals surface area contributed by atoms with E-state index in [1.807, 2.05) is 24.3 Å². The highest BCUT2D eigenvalue weighted by Gasteiger charge is 2.32. The molecule has 1 aromatic heterocycles. The van der Waals surface area contributed by atoms with Crippen LogP contribution in [0.15, 0.2) is 12.4 Å². The van der Waals surface area contributed by atoms with Gasteiger partial charge in [-0.3, -0.25) is 14.6 Å². The Kier molecular flexibility index (Phi) is 5.97. The molecule has 6 heteroatoms. The standard InChI is InChI=1S/C16H29N5O/c1-5-19(6-2)13-15(22)21-11-10-20(7-3)14(12-21)16-17-8-9-18(16)4/h8-9,14H,5-7,10-13H2,1-4H3/t14-/m0/s1. The first-order chi connectivity index (χ1) is 10.6. The number of likely N-dealkylation sites (N-methyl/N-ethyl adjacent to an activating group) is 2. The van der Waals surface area contributed by atoms with Gasteiger partial charge in [-0.2, -0.15) is 0 Å². The average molecular weight is 307 g/mol. The molecule has 22 heavy (non-hydrogen) atoms. The van der Waals surface area contributed by atoms with E-state index < -0.39 is 0 Å². The Bertz CT molecular complexity index is 483. The molecule has 1 atom stereocenters. The number of aryl methyl sites for hydroxylation is 1. The molecule has 1 saturated heterocycles. The van der Waals surface area contributed by atoms with Crippen LogP contribution < -0.4 is 0 Å². The van der Waals surface area contributed by atoms with Crippen molar-refractivity contribution in [2.24, 2.45) is 7.05 Å². The molecule has 1 aliphatic rings. The number of piperazine rings is 1. The minimum atomic E-state index is 0.194. The number of hydrogen-bond acceptors (Lipinski definition) is 4. The molecule has 2 rings (SSSR count). The van der Waals surface area contributed by atoms with Crippen LogP contribution in [0.3, 0.4) is 0 Å². The first kappa shape index (κ1) is 17.0. The van der Waals surface area contributed by atoms with E-state index >= 15 is 0 Å². The van der Waals surface area contributed by atoms with Gasteiger partial charge < -0.3 is 9.47 Å². The molecular weight excluding hydrogens is 278 g/mol. The van der Waals surface area contributed by atoms with Crippen LogP contribution in [-0.4, -0.2) is 76.0 Å². The molecule has 0 radical (unpaired) electrons. The van der Waals surface area contributed by atoms with Crippen molar-refractivity contribution >= 4 is 5.91 Å². The lowest BCUT2D eigenvalue weighted by Crippen LogP contribution is -2.53. The molecule has 0 aromatic carbocycles. The van der Waals surface area contributed by atoms with E-state index in [2.05, 4.69) is 40.1 Å². The van der Waals surface area contributed by atoms with Gasteiger partial charge in [0.25, 0.3) is 0 Å². The van der Waals surface area contributed by atoms with Crippen molar-refractivity contribution in [2.45, 2.75) is 26.8 Å². The van der Waals surface area contributed by atoms with Gasteiger partial charge in [0.15, 0.2) is 0 Å². The summed E-state index contributed by atoms with van der Waals surface area (Å²) in [4.78, 5) is 23.6. The maximum absolute atomic E-state index is 12.6. The smallest absolute Gasteiger partial charge is 0.236 e. The van der Waals surface area contributed by atoms with E-state index in [4.69, 9.17) is 0 Å². The number of carbonyl (C=O) groups excluding carboxylic acids is 1. The van der Waals surface area contributed by atoms with Gasteiger partial charge in [0.2, 0.25) is 5.91 Å². The molecule has 2 heterocycles. The third-order valence-corrected chi connectivity index (χ3v) is 4.66. The SMILES string of the molecule is CCN(CC)CC(=O)N1CCN(CC)[C@H](c2nccn2C)C1. The fourth-order valence-corrected chi connectivity index (χ4v) is 3.11. The lowest BCUT2D eigenvalue weighted by molar-refractivity contribution is -0.135. The molecule has 0 saturated carbocycles. The van der Waals surface area contributed by atoms with Crippen LogP contribution in [0.5, 0.6) is 0 Å². The minimum absolute atomic E-state index is 0.194. The van der Waals surface area contributed by atoms with Crippen LogP contribution in [0.1, 0.15) is 32.6 Å². The van der Waals surface area contributed by atoms with E-state index in [0.717, 1.165) is 45.1 Å². The second-order valence-corrected chi connectivity index (χ2v) is 5.84. The van der Waals surface area contributed by atoms with Crippen molar-refractivity contribution in [3.63, 3.8) is 0 Å². The van der Waals surface area contributed by atoms with E-state index in [9.17, 15) is 4.79 Å². The molecule has 1 fully saturated rings. The van der Waals surface area contributed by atoms with E-state index in [0.29, 0.717) is 6.54 Å².